The first kappa shape index (κ1) is 26.5. The number of piperazine rings is 1. The molecule has 8 heteroatoms. The minimum Gasteiger partial charge on any atom is -0.374 e. The lowest BCUT2D eigenvalue weighted by atomic mass is 9.97. The van der Waals surface area contributed by atoms with Gasteiger partial charge in [0.2, 0.25) is 5.28 Å². The van der Waals surface area contributed by atoms with Gasteiger partial charge in [-0.3, -0.25) is 9.88 Å². The number of pyridine rings is 1. The third-order valence-electron chi connectivity index (χ3n) is 7.37. The maximum atomic E-state index is 6.22. The lowest BCUT2D eigenvalue weighted by Gasteiger charge is -2.35. The Morgan fingerprint density at radius 1 is 0.825 bits per heavy atom. The maximum Gasteiger partial charge on any atom is 0.224 e. The van der Waals surface area contributed by atoms with Crippen LogP contribution in [0.5, 0.6) is 0 Å². The molecule has 0 spiro atoms. The molecule has 6 nitrogen and oxygen atoms in total. The molecular formula is C32H30Cl2N6. The summed E-state index contributed by atoms with van der Waals surface area (Å²) in [5.74, 6) is 0.908. The van der Waals surface area contributed by atoms with E-state index in [-0.39, 0.29) is 6.04 Å². The van der Waals surface area contributed by atoms with E-state index < -0.39 is 0 Å². The topological polar surface area (TPSA) is 57.2 Å². The van der Waals surface area contributed by atoms with E-state index in [4.69, 9.17) is 23.2 Å². The first-order chi connectivity index (χ1) is 19.5. The molecule has 0 bridgehead atoms. The molecule has 5 aromatic rings. The number of anilines is 2. The Balaban J connectivity index is 1.17. The Hall–Kier alpha value is -3.71. The summed E-state index contributed by atoms with van der Waals surface area (Å²) in [7, 11) is 0. The van der Waals surface area contributed by atoms with Gasteiger partial charge < -0.3 is 10.2 Å². The highest BCUT2D eigenvalue weighted by Crippen LogP contribution is 2.31. The third kappa shape index (κ3) is 6.04. The van der Waals surface area contributed by atoms with E-state index in [2.05, 4.69) is 78.6 Å². The summed E-state index contributed by atoms with van der Waals surface area (Å²) in [6.45, 7) is 6.62. The van der Waals surface area contributed by atoms with Crippen LogP contribution < -0.4 is 10.2 Å². The van der Waals surface area contributed by atoms with Crippen molar-refractivity contribution in [3.63, 3.8) is 0 Å². The van der Waals surface area contributed by atoms with Crippen molar-refractivity contribution in [2.75, 3.05) is 36.4 Å². The van der Waals surface area contributed by atoms with E-state index in [1.807, 2.05) is 49.5 Å². The molecule has 1 N–H and O–H groups in total. The molecule has 2 aromatic heterocycles. The van der Waals surface area contributed by atoms with E-state index >= 15 is 0 Å². The molecule has 1 aliphatic rings. The molecule has 3 aromatic carbocycles. The molecule has 40 heavy (non-hydrogen) atoms. The van der Waals surface area contributed by atoms with Crippen molar-refractivity contribution in [2.24, 2.45) is 0 Å². The van der Waals surface area contributed by atoms with E-state index in [9.17, 15) is 0 Å². The number of hydrogen-bond acceptors (Lipinski definition) is 6. The second kappa shape index (κ2) is 11.8. The largest absolute Gasteiger partial charge is 0.374 e. The molecule has 0 radical (unpaired) electrons. The Morgan fingerprint density at radius 2 is 1.57 bits per heavy atom. The number of nitrogens with zero attached hydrogens (tertiary/aromatic N) is 5. The van der Waals surface area contributed by atoms with Gasteiger partial charge in [-0.25, -0.2) is 9.97 Å². The first-order valence-electron chi connectivity index (χ1n) is 13.4. The number of aromatic nitrogens is 3. The molecular weight excluding hydrogens is 539 g/mol. The van der Waals surface area contributed by atoms with Crippen LogP contribution in [0.1, 0.15) is 28.4 Å². The average Bonchev–Trinajstić information content (AvgIpc) is 2.96. The molecule has 1 aliphatic heterocycles. The van der Waals surface area contributed by atoms with Crippen molar-refractivity contribution in [2.45, 2.75) is 19.5 Å². The normalized spacial score (nSPS) is 14.8. The van der Waals surface area contributed by atoms with Crippen LogP contribution in [-0.4, -0.2) is 46.0 Å². The van der Waals surface area contributed by atoms with Gasteiger partial charge in [0, 0.05) is 66.8 Å². The lowest BCUT2D eigenvalue weighted by Crippen LogP contribution is -2.46. The summed E-state index contributed by atoms with van der Waals surface area (Å²) in [4.78, 5) is 17.9. The van der Waals surface area contributed by atoms with Crippen molar-refractivity contribution in [3.8, 4) is 0 Å². The molecule has 1 fully saturated rings. The predicted octanol–water partition coefficient (Wildman–Crippen LogP) is 7.16. The van der Waals surface area contributed by atoms with Gasteiger partial charge >= 0.3 is 0 Å². The molecule has 3 heterocycles. The summed E-state index contributed by atoms with van der Waals surface area (Å²) < 4.78 is 0. The van der Waals surface area contributed by atoms with Crippen molar-refractivity contribution in [3.05, 3.63) is 124 Å². The van der Waals surface area contributed by atoms with E-state index in [0.29, 0.717) is 10.3 Å². The van der Waals surface area contributed by atoms with Crippen LogP contribution in [0, 0.1) is 6.92 Å². The quantitative estimate of drug-likeness (QED) is 0.210. The second-order valence-corrected chi connectivity index (χ2v) is 10.9. The lowest BCUT2D eigenvalue weighted by molar-refractivity contribution is 0.249. The number of halogens is 2. The molecule has 0 amide bonds. The van der Waals surface area contributed by atoms with E-state index in [1.165, 1.54) is 16.7 Å². The Labute approximate surface area is 244 Å². The summed E-state index contributed by atoms with van der Waals surface area (Å²) in [5, 5.41) is 5.82. The standard InChI is InChI=1S/C32H30Cl2N6/c1-22-19-30(38-32(34)36-22)40-17-15-39(16-18-40)21-23-7-9-25(10-8-23)31(24-5-3-2-4-6-24)37-28-13-14-35-29-20-26(33)11-12-27(28)29/h2-14,19-20,31H,15-18,21H2,1H3,(H,35,37). The van der Waals surface area contributed by atoms with Crippen molar-refractivity contribution >= 4 is 45.6 Å². The van der Waals surface area contributed by atoms with Crippen LogP contribution in [0.3, 0.4) is 0 Å². The zero-order chi connectivity index (χ0) is 27.5. The predicted molar refractivity (Wildman–Crippen MR) is 164 cm³/mol. The minimum absolute atomic E-state index is 0.0109. The summed E-state index contributed by atoms with van der Waals surface area (Å²) >= 11 is 12.3. The van der Waals surface area contributed by atoms with Crippen LogP contribution in [-0.2, 0) is 6.54 Å². The molecule has 1 unspecified atom stereocenters. The highest BCUT2D eigenvalue weighted by atomic mass is 35.5. The fraction of sp³-hybridized carbons (Fsp3) is 0.219. The highest BCUT2D eigenvalue weighted by Gasteiger charge is 2.20. The fourth-order valence-corrected chi connectivity index (χ4v) is 5.68. The number of hydrogen-bond donors (Lipinski definition) is 1. The monoisotopic (exact) mass is 568 g/mol. The Kier molecular flexibility index (Phi) is 7.82. The van der Waals surface area contributed by atoms with Gasteiger partial charge in [-0.2, -0.15) is 0 Å². The van der Waals surface area contributed by atoms with Gasteiger partial charge in [-0.1, -0.05) is 66.2 Å². The molecule has 202 valence electrons. The average molecular weight is 570 g/mol. The molecule has 1 saturated heterocycles. The molecule has 0 aliphatic carbocycles. The van der Waals surface area contributed by atoms with Gasteiger partial charge in [0.1, 0.15) is 5.82 Å². The third-order valence-corrected chi connectivity index (χ3v) is 7.77. The zero-order valence-corrected chi connectivity index (χ0v) is 23.8. The van der Waals surface area contributed by atoms with Crippen LogP contribution in [0.25, 0.3) is 10.9 Å². The van der Waals surface area contributed by atoms with Gasteiger partial charge in [-0.05, 0) is 59.5 Å². The van der Waals surface area contributed by atoms with Gasteiger partial charge in [0.15, 0.2) is 0 Å². The Bertz CT molecular complexity index is 1580. The van der Waals surface area contributed by atoms with Gasteiger partial charge in [-0.15, -0.1) is 0 Å². The van der Waals surface area contributed by atoms with E-state index in [1.54, 1.807) is 0 Å². The second-order valence-electron chi connectivity index (χ2n) is 10.1. The molecule has 6 rings (SSSR count). The highest BCUT2D eigenvalue weighted by molar-refractivity contribution is 6.31. The minimum atomic E-state index is -0.0109. The van der Waals surface area contributed by atoms with Crippen molar-refractivity contribution < 1.29 is 0 Å². The first-order valence-corrected chi connectivity index (χ1v) is 14.2. The van der Waals surface area contributed by atoms with Crippen LogP contribution >= 0.6 is 23.2 Å². The summed E-state index contributed by atoms with van der Waals surface area (Å²) in [5.41, 5.74) is 6.49. The number of benzene rings is 3. The maximum absolute atomic E-state index is 6.22. The molecule has 1 atom stereocenters. The summed E-state index contributed by atoms with van der Waals surface area (Å²) in [6.07, 6.45) is 1.83. The zero-order valence-electron chi connectivity index (χ0n) is 22.3. The molecule has 0 saturated carbocycles. The van der Waals surface area contributed by atoms with Crippen LogP contribution in [0.2, 0.25) is 10.3 Å². The number of aryl methyl sites for hydroxylation is 1. The Morgan fingerprint density at radius 3 is 2.33 bits per heavy atom. The smallest absolute Gasteiger partial charge is 0.224 e. The van der Waals surface area contributed by atoms with Gasteiger partial charge in [0.25, 0.3) is 0 Å². The number of nitrogens with one attached hydrogen (secondary N) is 1. The van der Waals surface area contributed by atoms with Crippen LogP contribution in [0.4, 0.5) is 11.5 Å². The number of fused-ring (bicyclic) bond motifs is 1. The van der Waals surface area contributed by atoms with Crippen molar-refractivity contribution in [1.29, 1.82) is 0 Å². The van der Waals surface area contributed by atoms with Gasteiger partial charge in [0.05, 0.1) is 11.6 Å². The van der Waals surface area contributed by atoms with Crippen molar-refractivity contribution in [1.82, 2.24) is 19.9 Å². The summed E-state index contributed by atoms with van der Waals surface area (Å²) in [6, 6.07) is 29.4. The van der Waals surface area contributed by atoms with E-state index in [0.717, 1.165) is 60.8 Å². The SMILES string of the molecule is Cc1cc(N2CCN(Cc3ccc(C(Nc4ccnc5cc(Cl)ccc45)c4ccccc4)cc3)CC2)nc(Cl)n1. The fourth-order valence-electron chi connectivity index (χ4n) is 5.29. The number of rotatable bonds is 7. The van der Waals surface area contributed by atoms with Crippen LogP contribution in [0.15, 0.2) is 91.1 Å².